The zero-order chi connectivity index (χ0) is 17.6. The summed E-state index contributed by atoms with van der Waals surface area (Å²) in [5.41, 5.74) is 2.73. The van der Waals surface area contributed by atoms with Gasteiger partial charge in [-0.2, -0.15) is 0 Å². The van der Waals surface area contributed by atoms with Crippen LogP contribution in [0.2, 0.25) is 0 Å². The molecule has 2 heterocycles. The molecule has 5 heteroatoms. The fourth-order valence-corrected chi connectivity index (χ4v) is 3.14. The van der Waals surface area contributed by atoms with Gasteiger partial charge in [0.05, 0.1) is 0 Å². The van der Waals surface area contributed by atoms with Crippen LogP contribution in [-0.2, 0) is 0 Å². The van der Waals surface area contributed by atoms with Gasteiger partial charge in [0.2, 0.25) is 0 Å². The van der Waals surface area contributed by atoms with Gasteiger partial charge >= 0.3 is 0 Å². The van der Waals surface area contributed by atoms with Gasteiger partial charge in [-0.3, -0.25) is 4.79 Å². The molecule has 3 rings (SSSR count). The maximum absolute atomic E-state index is 12.6. The normalized spacial score (nSPS) is 14.4. The first-order valence-electron chi connectivity index (χ1n) is 9.16. The molecule has 0 aliphatic carbocycles. The minimum Gasteiger partial charge on any atom is -0.356 e. The second-order valence-corrected chi connectivity index (χ2v) is 6.60. The lowest BCUT2D eigenvalue weighted by Crippen LogP contribution is -2.34. The zero-order valence-electron chi connectivity index (χ0n) is 15.1. The van der Waals surface area contributed by atoms with E-state index < -0.39 is 0 Å². The Balaban J connectivity index is 1.99. The first kappa shape index (κ1) is 17.4. The summed E-state index contributed by atoms with van der Waals surface area (Å²) in [6.07, 6.45) is 6.11. The summed E-state index contributed by atoms with van der Waals surface area (Å²) in [7, 11) is 0. The van der Waals surface area contributed by atoms with Crippen molar-refractivity contribution in [3.8, 4) is 11.4 Å². The summed E-state index contributed by atoms with van der Waals surface area (Å²) < 4.78 is 0. The molecule has 1 aliphatic heterocycles. The Morgan fingerprint density at radius 3 is 2.76 bits per heavy atom. The molecule has 0 bridgehead atoms. The van der Waals surface area contributed by atoms with Crippen LogP contribution < -0.4 is 10.2 Å². The molecule has 25 heavy (non-hydrogen) atoms. The standard InChI is InChI=1S/C20H26N4O/c1-3-10-21-20(25)17-14-22-18(16-9-7-8-15(2)13-16)23-19(17)24-11-5-4-6-12-24/h7-9,13-14H,3-6,10-12H2,1-2H3,(H,21,25). The SMILES string of the molecule is CCCNC(=O)c1cnc(-c2cccc(C)c2)nc1N1CCCCC1. The highest BCUT2D eigenvalue weighted by atomic mass is 16.1. The smallest absolute Gasteiger partial charge is 0.256 e. The minimum absolute atomic E-state index is 0.0850. The van der Waals surface area contributed by atoms with Crippen LogP contribution in [0.25, 0.3) is 11.4 Å². The third-order valence-corrected chi connectivity index (χ3v) is 4.48. The first-order chi connectivity index (χ1) is 12.2. The number of carbonyl (C=O) groups excluding carboxylic acids is 1. The molecule has 0 radical (unpaired) electrons. The second-order valence-electron chi connectivity index (χ2n) is 6.60. The lowest BCUT2D eigenvalue weighted by molar-refractivity contribution is 0.0953. The minimum atomic E-state index is -0.0850. The van der Waals surface area contributed by atoms with Crippen molar-refractivity contribution in [3.63, 3.8) is 0 Å². The summed E-state index contributed by atoms with van der Waals surface area (Å²) in [4.78, 5) is 24.0. The molecule has 1 aliphatic rings. The molecule has 0 saturated carbocycles. The summed E-state index contributed by atoms with van der Waals surface area (Å²) in [5, 5.41) is 2.95. The molecule has 5 nitrogen and oxygen atoms in total. The van der Waals surface area contributed by atoms with E-state index in [0.29, 0.717) is 17.9 Å². The third-order valence-electron chi connectivity index (χ3n) is 4.48. The average molecular weight is 338 g/mol. The van der Waals surface area contributed by atoms with Gasteiger partial charge in [-0.15, -0.1) is 0 Å². The van der Waals surface area contributed by atoms with Crippen LogP contribution in [0, 0.1) is 6.92 Å². The van der Waals surface area contributed by atoms with E-state index >= 15 is 0 Å². The molecule has 1 fully saturated rings. The van der Waals surface area contributed by atoms with Crippen LogP contribution in [0.1, 0.15) is 48.5 Å². The topological polar surface area (TPSA) is 58.1 Å². The Morgan fingerprint density at radius 2 is 2.04 bits per heavy atom. The number of piperidine rings is 1. The Labute approximate surface area is 149 Å². The van der Waals surface area contributed by atoms with Gasteiger partial charge in [-0.1, -0.05) is 30.7 Å². The van der Waals surface area contributed by atoms with Gasteiger partial charge in [0, 0.05) is 31.4 Å². The van der Waals surface area contributed by atoms with Gasteiger partial charge in [-0.25, -0.2) is 9.97 Å². The van der Waals surface area contributed by atoms with E-state index in [0.717, 1.165) is 43.7 Å². The highest BCUT2D eigenvalue weighted by Gasteiger charge is 2.21. The van der Waals surface area contributed by atoms with Crippen molar-refractivity contribution in [3.05, 3.63) is 41.6 Å². The Morgan fingerprint density at radius 1 is 1.24 bits per heavy atom. The summed E-state index contributed by atoms with van der Waals surface area (Å²) in [6.45, 7) is 6.65. The molecule has 1 amide bonds. The number of amides is 1. The van der Waals surface area contributed by atoms with Crippen molar-refractivity contribution in [2.24, 2.45) is 0 Å². The molecule has 0 atom stereocenters. The molecule has 1 aromatic heterocycles. The first-order valence-corrected chi connectivity index (χ1v) is 9.16. The van der Waals surface area contributed by atoms with Gasteiger partial charge in [0.25, 0.3) is 5.91 Å². The van der Waals surface area contributed by atoms with Crippen molar-refractivity contribution in [2.45, 2.75) is 39.5 Å². The van der Waals surface area contributed by atoms with Crippen LogP contribution >= 0.6 is 0 Å². The monoisotopic (exact) mass is 338 g/mol. The van der Waals surface area contributed by atoms with E-state index in [9.17, 15) is 4.79 Å². The predicted molar refractivity (Wildman–Crippen MR) is 101 cm³/mol. The third kappa shape index (κ3) is 4.16. The molecule has 132 valence electrons. The van der Waals surface area contributed by atoms with Gasteiger partial charge in [-0.05, 0) is 38.7 Å². The molecule has 0 unspecified atom stereocenters. The average Bonchev–Trinajstić information content (AvgIpc) is 2.66. The summed E-state index contributed by atoms with van der Waals surface area (Å²) in [5.74, 6) is 1.36. The Hall–Kier alpha value is -2.43. The molecule has 0 spiro atoms. The number of benzene rings is 1. The number of aromatic nitrogens is 2. The van der Waals surface area contributed by atoms with Gasteiger partial charge in [0.15, 0.2) is 5.82 Å². The number of hydrogen-bond acceptors (Lipinski definition) is 4. The number of nitrogens with zero attached hydrogens (tertiary/aromatic N) is 3. The van der Waals surface area contributed by atoms with E-state index in [1.807, 2.05) is 19.1 Å². The lowest BCUT2D eigenvalue weighted by atomic mass is 10.1. The van der Waals surface area contributed by atoms with Crippen LogP contribution in [0.15, 0.2) is 30.5 Å². The van der Waals surface area contributed by atoms with Crippen molar-refractivity contribution in [1.29, 1.82) is 0 Å². The zero-order valence-corrected chi connectivity index (χ0v) is 15.1. The molecule has 1 N–H and O–H groups in total. The Bertz CT molecular complexity index is 738. The highest BCUT2D eigenvalue weighted by molar-refractivity contribution is 5.98. The number of hydrogen-bond donors (Lipinski definition) is 1. The predicted octanol–water partition coefficient (Wildman–Crippen LogP) is 3.58. The number of nitrogens with one attached hydrogen (secondary N) is 1. The molecule has 2 aromatic rings. The lowest BCUT2D eigenvalue weighted by Gasteiger charge is -2.29. The number of rotatable bonds is 5. The highest BCUT2D eigenvalue weighted by Crippen LogP contribution is 2.25. The summed E-state index contributed by atoms with van der Waals surface area (Å²) in [6, 6.07) is 8.16. The molecule has 1 saturated heterocycles. The van der Waals surface area contributed by atoms with Crippen LogP contribution in [0.3, 0.4) is 0 Å². The van der Waals surface area contributed by atoms with Gasteiger partial charge < -0.3 is 10.2 Å². The molecular formula is C20H26N4O. The van der Waals surface area contributed by atoms with Crippen molar-refractivity contribution >= 4 is 11.7 Å². The van der Waals surface area contributed by atoms with Crippen LogP contribution in [0.5, 0.6) is 0 Å². The van der Waals surface area contributed by atoms with Gasteiger partial charge in [0.1, 0.15) is 11.4 Å². The number of carbonyl (C=O) groups is 1. The maximum atomic E-state index is 12.6. The van der Waals surface area contributed by atoms with E-state index in [-0.39, 0.29) is 5.91 Å². The molecular weight excluding hydrogens is 312 g/mol. The summed E-state index contributed by atoms with van der Waals surface area (Å²) >= 11 is 0. The quantitative estimate of drug-likeness (QED) is 0.905. The van der Waals surface area contributed by atoms with E-state index in [2.05, 4.69) is 34.3 Å². The van der Waals surface area contributed by atoms with Crippen molar-refractivity contribution in [2.75, 3.05) is 24.5 Å². The fourth-order valence-electron chi connectivity index (χ4n) is 3.14. The van der Waals surface area contributed by atoms with Crippen molar-refractivity contribution in [1.82, 2.24) is 15.3 Å². The fraction of sp³-hybridized carbons (Fsp3) is 0.450. The van der Waals surface area contributed by atoms with Crippen molar-refractivity contribution < 1.29 is 4.79 Å². The number of aryl methyl sites for hydroxylation is 1. The van der Waals surface area contributed by atoms with Crippen LogP contribution in [0.4, 0.5) is 5.82 Å². The Kier molecular flexibility index (Phi) is 5.64. The number of anilines is 1. The second kappa shape index (κ2) is 8.10. The van der Waals surface area contributed by atoms with E-state index in [4.69, 9.17) is 4.98 Å². The largest absolute Gasteiger partial charge is 0.356 e. The van der Waals surface area contributed by atoms with Crippen LogP contribution in [-0.4, -0.2) is 35.5 Å². The maximum Gasteiger partial charge on any atom is 0.256 e. The van der Waals surface area contributed by atoms with E-state index in [1.54, 1.807) is 6.20 Å². The molecule has 1 aromatic carbocycles. The van der Waals surface area contributed by atoms with E-state index in [1.165, 1.54) is 12.0 Å².